The van der Waals surface area contributed by atoms with Crippen molar-refractivity contribution >= 4 is 0 Å². The summed E-state index contributed by atoms with van der Waals surface area (Å²) in [5.74, 6) is 0. The van der Waals surface area contributed by atoms with Gasteiger partial charge in [-0.2, -0.15) is 0 Å². The van der Waals surface area contributed by atoms with E-state index in [1.165, 1.54) is 19.4 Å². The van der Waals surface area contributed by atoms with Gasteiger partial charge in [-0.3, -0.25) is 0 Å². The molecule has 1 heterocycles. The second-order valence-electron chi connectivity index (χ2n) is 3.08. The van der Waals surface area contributed by atoms with Crippen molar-refractivity contribution in [3.05, 3.63) is 0 Å². The van der Waals surface area contributed by atoms with Gasteiger partial charge in [-0.05, 0) is 33.0 Å². The van der Waals surface area contributed by atoms with Gasteiger partial charge < -0.3 is 16.0 Å². The fraction of sp³-hybridized carbons (Fsp3) is 1.00. The van der Waals surface area contributed by atoms with Crippen LogP contribution in [-0.4, -0.2) is 39.3 Å². The predicted octanol–water partition coefficient (Wildman–Crippen LogP) is -0.453. The summed E-state index contributed by atoms with van der Waals surface area (Å²) >= 11 is 0. The van der Waals surface area contributed by atoms with E-state index in [1.54, 1.807) is 0 Å². The molecule has 66 valence electrons. The van der Waals surface area contributed by atoms with E-state index in [9.17, 15) is 0 Å². The zero-order valence-electron chi connectivity index (χ0n) is 7.32. The van der Waals surface area contributed by atoms with Gasteiger partial charge in [0, 0.05) is 19.1 Å². The van der Waals surface area contributed by atoms with Crippen LogP contribution < -0.4 is 16.0 Å². The van der Waals surface area contributed by atoms with E-state index in [0.29, 0.717) is 0 Å². The monoisotopic (exact) mass is 157 g/mol. The molecule has 1 atom stereocenters. The first-order valence-corrected chi connectivity index (χ1v) is 4.52. The van der Waals surface area contributed by atoms with Gasteiger partial charge in [0.1, 0.15) is 0 Å². The first-order valence-electron chi connectivity index (χ1n) is 4.52. The molecule has 3 heteroatoms. The zero-order valence-corrected chi connectivity index (χ0v) is 7.32. The quantitative estimate of drug-likeness (QED) is 0.519. The summed E-state index contributed by atoms with van der Waals surface area (Å²) in [5, 5.41) is 10.1. The van der Waals surface area contributed by atoms with Crippen LogP contribution >= 0.6 is 0 Å². The molecule has 1 unspecified atom stereocenters. The summed E-state index contributed by atoms with van der Waals surface area (Å²) in [6.07, 6.45) is 2.51. The van der Waals surface area contributed by atoms with Crippen LogP contribution in [0.25, 0.3) is 0 Å². The third kappa shape index (κ3) is 3.70. The highest BCUT2D eigenvalue weighted by Crippen LogP contribution is 1.97. The molecule has 0 aromatic heterocycles. The second-order valence-corrected chi connectivity index (χ2v) is 3.08. The number of rotatable bonds is 3. The van der Waals surface area contributed by atoms with E-state index >= 15 is 0 Å². The largest absolute Gasteiger partial charge is 0.320 e. The fourth-order valence-corrected chi connectivity index (χ4v) is 1.43. The Bertz CT molecular complexity index is 87.3. The van der Waals surface area contributed by atoms with Gasteiger partial charge in [0.25, 0.3) is 0 Å². The number of hydrogen-bond acceptors (Lipinski definition) is 3. The van der Waals surface area contributed by atoms with Gasteiger partial charge >= 0.3 is 0 Å². The van der Waals surface area contributed by atoms with Gasteiger partial charge in [0.15, 0.2) is 0 Å². The zero-order chi connectivity index (χ0) is 7.94. The van der Waals surface area contributed by atoms with Crippen molar-refractivity contribution in [3.63, 3.8) is 0 Å². The molecule has 0 aromatic rings. The van der Waals surface area contributed by atoms with Gasteiger partial charge in [-0.1, -0.05) is 0 Å². The summed E-state index contributed by atoms with van der Waals surface area (Å²) in [7, 11) is 2.01. The van der Waals surface area contributed by atoms with E-state index in [-0.39, 0.29) is 0 Å². The molecule has 0 bridgehead atoms. The number of nitrogens with one attached hydrogen (secondary N) is 3. The van der Waals surface area contributed by atoms with Gasteiger partial charge in [0.05, 0.1) is 0 Å². The van der Waals surface area contributed by atoms with Crippen LogP contribution in [0.4, 0.5) is 0 Å². The summed E-state index contributed by atoms with van der Waals surface area (Å²) in [4.78, 5) is 0. The molecule has 3 nitrogen and oxygen atoms in total. The molecule has 1 aliphatic heterocycles. The molecule has 0 aromatic carbocycles. The van der Waals surface area contributed by atoms with Crippen molar-refractivity contribution in [2.75, 3.05) is 33.2 Å². The van der Waals surface area contributed by atoms with Gasteiger partial charge in [-0.25, -0.2) is 0 Å². The Morgan fingerprint density at radius 3 is 3.09 bits per heavy atom. The first kappa shape index (κ1) is 8.97. The predicted molar refractivity (Wildman–Crippen MR) is 47.8 cm³/mol. The molecule has 1 rings (SSSR count). The highest BCUT2D eigenvalue weighted by Gasteiger charge is 2.08. The minimum Gasteiger partial charge on any atom is -0.320 e. The van der Waals surface area contributed by atoms with E-state index in [4.69, 9.17) is 0 Å². The molecule has 1 fully saturated rings. The average Bonchev–Trinajstić information content (AvgIpc) is 2.28. The van der Waals surface area contributed by atoms with Crippen molar-refractivity contribution in [1.29, 1.82) is 0 Å². The molecule has 0 spiro atoms. The molecule has 1 aliphatic rings. The van der Waals surface area contributed by atoms with Crippen molar-refractivity contribution in [2.24, 2.45) is 0 Å². The molecule has 1 saturated heterocycles. The van der Waals surface area contributed by atoms with Crippen LogP contribution in [0.15, 0.2) is 0 Å². The lowest BCUT2D eigenvalue weighted by Crippen LogP contribution is -2.32. The molecule has 0 amide bonds. The minimum absolute atomic E-state index is 0.720. The molecular weight excluding hydrogens is 138 g/mol. The lowest BCUT2D eigenvalue weighted by Gasteiger charge is -2.14. The Morgan fingerprint density at radius 1 is 1.36 bits per heavy atom. The van der Waals surface area contributed by atoms with E-state index in [0.717, 1.165) is 25.7 Å². The van der Waals surface area contributed by atoms with Crippen LogP contribution in [0, 0.1) is 0 Å². The maximum Gasteiger partial charge on any atom is 0.00917 e. The Hall–Kier alpha value is -0.120. The maximum absolute atomic E-state index is 3.51. The smallest absolute Gasteiger partial charge is 0.00917 e. The van der Waals surface area contributed by atoms with Crippen molar-refractivity contribution < 1.29 is 0 Å². The van der Waals surface area contributed by atoms with Crippen LogP contribution in [0.3, 0.4) is 0 Å². The average molecular weight is 157 g/mol. The van der Waals surface area contributed by atoms with Crippen molar-refractivity contribution in [1.82, 2.24) is 16.0 Å². The van der Waals surface area contributed by atoms with Crippen LogP contribution in [-0.2, 0) is 0 Å². The molecular formula is C8H19N3. The third-order valence-electron chi connectivity index (χ3n) is 2.15. The first-order chi connectivity index (χ1) is 5.43. The lowest BCUT2D eigenvalue weighted by molar-refractivity contribution is 0.480. The van der Waals surface area contributed by atoms with Crippen LogP contribution in [0.5, 0.6) is 0 Å². The fourth-order valence-electron chi connectivity index (χ4n) is 1.43. The van der Waals surface area contributed by atoms with E-state index < -0.39 is 0 Å². The Labute approximate surface area is 68.9 Å². The van der Waals surface area contributed by atoms with Crippen LogP contribution in [0.2, 0.25) is 0 Å². The molecule has 0 saturated carbocycles. The molecule has 0 radical (unpaired) electrons. The standard InChI is InChI=1S/C8H19N3/c1-9-4-2-8-3-5-10-6-7-11-8/h8-11H,2-7H2,1H3. The maximum atomic E-state index is 3.51. The lowest BCUT2D eigenvalue weighted by atomic mass is 10.1. The summed E-state index contributed by atoms with van der Waals surface area (Å²) < 4.78 is 0. The van der Waals surface area contributed by atoms with Gasteiger partial charge in [-0.15, -0.1) is 0 Å². The summed E-state index contributed by atoms with van der Waals surface area (Å²) in [6.45, 7) is 4.53. The molecule has 0 aliphatic carbocycles. The van der Waals surface area contributed by atoms with Gasteiger partial charge in [0.2, 0.25) is 0 Å². The van der Waals surface area contributed by atoms with E-state index in [2.05, 4.69) is 16.0 Å². The second kappa shape index (κ2) is 5.52. The highest BCUT2D eigenvalue weighted by atomic mass is 15.0. The van der Waals surface area contributed by atoms with E-state index in [1.807, 2.05) is 7.05 Å². The SMILES string of the molecule is CNCCC1CCNCCN1. The minimum atomic E-state index is 0.720. The Balaban J connectivity index is 2.09. The Morgan fingerprint density at radius 2 is 2.27 bits per heavy atom. The highest BCUT2D eigenvalue weighted by molar-refractivity contribution is 4.72. The van der Waals surface area contributed by atoms with Crippen molar-refractivity contribution in [3.8, 4) is 0 Å². The molecule has 3 N–H and O–H groups in total. The van der Waals surface area contributed by atoms with Crippen LogP contribution in [0.1, 0.15) is 12.8 Å². The summed E-state index contributed by atoms with van der Waals surface area (Å²) in [6, 6.07) is 0.720. The summed E-state index contributed by atoms with van der Waals surface area (Å²) in [5.41, 5.74) is 0. The third-order valence-corrected chi connectivity index (χ3v) is 2.15. The topological polar surface area (TPSA) is 36.1 Å². The van der Waals surface area contributed by atoms with Crippen molar-refractivity contribution in [2.45, 2.75) is 18.9 Å². The number of hydrogen-bond donors (Lipinski definition) is 3. The molecule has 11 heavy (non-hydrogen) atoms. The Kier molecular flexibility index (Phi) is 4.50. The normalized spacial score (nSPS) is 26.5.